The summed E-state index contributed by atoms with van der Waals surface area (Å²) in [5.41, 5.74) is 2.09. The molecule has 7 heteroatoms. The number of aromatic nitrogens is 4. The summed E-state index contributed by atoms with van der Waals surface area (Å²) in [4.78, 5) is 15.8. The summed E-state index contributed by atoms with van der Waals surface area (Å²) in [6, 6.07) is 7.72. The highest BCUT2D eigenvalue weighted by Crippen LogP contribution is 2.18. The normalized spacial score (nSPS) is 10.8. The first kappa shape index (κ1) is 14.5. The van der Waals surface area contributed by atoms with Gasteiger partial charge in [0, 0.05) is 11.6 Å². The quantitative estimate of drug-likeness (QED) is 0.692. The molecule has 0 fully saturated rings. The fourth-order valence-electron chi connectivity index (χ4n) is 2.11. The van der Waals surface area contributed by atoms with Crippen molar-refractivity contribution < 1.29 is 9.53 Å². The van der Waals surface area contributed by atoms with E-state index in [-0.39, 0.29) is 5.69 Å². The molecule has 22 heavy (non-hydrogen) atoms. The molecule has 3 aromatic rings. The van der Waals surface area contributed by atoms with Crippen molar-refractivity contribution in [3.05, 3.63) is 52.9 Å². The van der Waals surface area contributed by atoms with Crippen molar-refractivity contribution in [2.75, 3.05) is 6.61 Å². The summed E-state index contributed by atoms with van der Waals surface area (Å²) in [5.74, 6) is -0.469. The van der Waals surface area contributed by atoms with Gasteiger partial charge in [-0.2, -0.15) is 0 Å². The molecule has 0 aliphatic rings. The highest BCUT2D eigenvalue weighted by molar-refractivity contribution is 6.31. The Morgan fingerprint density at radius 1 is 1.36 bits per heavy atom. The van der Waals surface area contributed by atoms with Gasteiger partial charge in [-0.15, -0.1) is 5.10 Å². The molecule has 6 nitrogen and oxygen atoms in total. The summed E-state index contributed by atoms with van der Waals surface area (Å²) < 4.78 is 6.47. The lowest BCUT2D eigenvalue weighted by molar-refractivity contribution is 0.0519. The van der Waals surface area contributed by atoms with Crippen LogP contribution in [0.3, 0.4) is 0 Å². The van der Waals surface area contributed by atoms with E-state index in [1.807, 2.05) is 24.3 Å². The average molecular weight is 317 g/mol. The molecule has 0 amide bonds. The Hall–Kier alpha value is -2.47. The van der Waals surface area contributed by atoms with E-state index in [1.165, 1.54) is 0 Å². The van der Waals surface area contributed by atoms with Gasteiger partial charge in [-0.05, 0) is 30.7 Å². The third-order valence-corrected chi connectivity index (χ3v) is 3.29. The van der Waals surface area contributed by atoms with Gasteiger partial charge in [0.25, 0.3) is 0 Å². The second kappa shape index (κ2) is 6.11. The van der Waals surface area contributed by atoms with Crippen LogP contribution in [0.15, 0.2) is 36.7 Å². The number of fused-ring (bicyclic) bond motifs is 1. The Labute approximate surface area is 131 Å². The number of esters is 1. The van der Waals surface area contributed by atoms with Crippen molar-refractivity contribution in [1.29, 1.82) is 0 Å². The van der Waals surface area contributed by atoms with E-state index in [9.17, 15) is 4.79 Å². The minimum absolute atomic E-state index is 0.201. The number of pyridine rings is 1. The Kier molecular flexibility index (Phi) is 4.02. The first-order chi connectivity index (χ1) is 10.7. The van der Waals surface area contributed by atoms with Crippen LogP contribution in [0.25, 0.3) is 10.9 Å². The molecule has 0 saturated heterocycles. The van der Waals surface area contributed by atoms with Gasteiger partial charge in [-0.25, -0.2) is 9.48 Å². The zero-order chi connectivity index (χ0) is 15.5. The van der Waals surface area contributed by atoms with Crippen LogP contribution in [0.2, 0.25) is 5.02 Å². The third-order valence-electron chi connectivity index (χ3n) is 3.08. The van der Waals surface area contributed by atoms with Gasteiger partial charge in [0.1, 0.15) is 0 Å². The molecule has 0 radical (unpaired) electrons. The Morgan fingerprint density at radius 3 is 3.05 bits per heavy atom. The van der Waals surface area contributed by atoms with Crippen molar-refractivity contribution >= 4 is 28.5 Å². The predicted octanol–water partition coefficient (Wildman–Crippen LogP) is 2.70. The minimum Gasteiger partial charge on any atom is -0.461 e. The maximum absolute atomic E-state index is 11.6. The highest BCUT2D eigenvalue weighted by Gasteiger charge is 2.11. The standard InChI is InChI=1S/C15H13ClN4O2/c1-2-22-15(21)14-9-20(19-18-14)8-10-3-4-13-11(5-10)6-12(16)7-17-13/h3-7,9H,2,8H2,1H3. The number of ether oxygens (including phenoxy) is 1. The number of halogens is 1. The van der Waals surface area contributed by atoms with Crippen LogP contribution in [0.4, 0.5) is 0 Å². The van der Waals surface area contributed by atoms with Crippen LogP contribution < -0.4 is 0 Å². The van der Waals surface area contributed by atoms with Crippen LogP contribution in [0.1, 0.15) is 23.0 Å². The lowest BCUT2D eigenvalue weighted by atomic mass is 10.1. The van der Waals surface area contributed by atoms with E-state index in [0.717, 1.165) is 16.5 Å². The summed E-state index contributed by atoms with van der Waals surface area (Å²) in [5, 5.41) is 9.30. The molecule has 0 atom stereocenters. The van der Waals surface area contributed by atoms with Gasteiger partial charge < -0.3 is 4.74 Å². The molecule has 0 unspecified atom stereocenters. The van der Waals surface area contributed by atoms with E-state index < -0.39 is 5.97 Å². The summed E-state index contributed by atoms with van der Waals surface area (Å²) >= 11 is 5.96. The number of carbonyl (C=O) groups is 1. The van der Waals surface area contributed by atoms with E-state index in [2.05, 4.69) is 15.3 Å². The molecule has 112 valence electrons. The van der Waals surface area contributed by atoms with Gasteiger partial charge in [0.05, 0.1) is 29.9 Å². The topological polar surface area (TPSA) is 69.9 Å². The highest BCUT2D eigenvalue weighted by atomic mass is 35.5. The summed E-state index contributed by atoms with van der Waals surface area (Å²) in [6.07, 6.45) is 3.19. The lowest BCUT2D eigenvalue weighted by Crippen LogP contribution is -2.05. The van der Waals surface area contributed by atoms with Gasteiger partial charge in [-0.1, -0.05) is 22.9 Å². The third kappa shape index (κ3) is 3.07. The van der Waals surface area contributed by atoms with Crippen LogP contribution in [0, 0.1) is 0 Å². The molecule has 0 bridgehead atoms. The molecule has 0 aliphatic heterocycles. The van der Waals surface area contributed by atoms with Crippen molar-refractivity contribution in [3.8, 4) is 0 Å². The number of hydrogen-bond donors (Lipinski definition) is 0. The number of nitrogens with zero attached hydrogens (tertiary/aromatic N) is 4. The van der Waals surface area contributed by atoms with E-state index in [4.69, 9.17) is 16.3 Å². The molecule has 2 aromatic heterocycles. The van der Waals surface area contributed by atoms with Crippen molar-refractivity contribution in [2.24, 2.45) is 0 Å². The monoisotopic (exact) mass is 316 g/mol. The molecule has 1 aromatic carbocycles. The zero-order valence-electron chi connectivity index (χ0n) is 11.9. The Morgan fingerprint density at radius 2 is 2.23 bits per heavy atom. The van der Waals surface area contributed by atoms with Crippen molar-refractivity contribution in [1.82, 2.24) is 20.0 Å². The summed E-state index contributed by atoms with van der Waals surface area (Å²) in [6.45, 7) is 2.55. The maximum atomic E-state index is 11.6. The number of benzene rings is 1. The van der Waals surface area contributed by atoms with E-state index in [0.29, 0.717) is 18.2 Å². The van der Waals surface area contributed by atoms with Crippen LogP contribution >= 0.6 is 11.6 Å². The molecular formula is C15H13ClN4O2. The van der Waals surface area contributed by atoms with Gasteiger partial charge in [0.2, 0.25) is 0 Å². The largest absolute Gasteiger partial charge is 0.461 e. The second-order valence-electron chi connectivity index (χ2n) is 4.70. The zero-order valence-corrected chi connectivity index (χ0v) is 12.6. The molecule has 0 spiro atoms. The molecule has 2 heterocycles. The maximum Gasteiger partial charge on any atom is 0.360 e. The van der Waals surface area contributed by atoms with Gasteiger partial charge in [0.15, 0.2) is 5.69 Å². The fraction of sp³-hybridized carbons (Fsp3) is 0.200. The van der Waals surface area contributed by atoms with Gasteiger partial charge in [-0.3, -0.25) is 4.98 Å². The molecule has 3 rings (SSSR count). The first-order valence-electron chi connectivity index (χ1n) is 6.77. The van der Waals surface area contributed by atoms with Crippen molar-refractivity contribution in [2.45, 2.75) is 13.5 Å². The summed E-state index contributed by atoms with van der Waals surface area (Å²) in [7, 11) is 0. The number of rotatable bonds is 4. The number of hydrogen-bond acceptors (Lipinski definition) is 5. The fourth-order valence-corrected chi connectivity index (χ4v) is 2.28. The Balaban J connectivity index is 1.82. The lowest BCUT2D eigenvalue weighted by Gasteiger charge is -2.03. The van der Waals surface area contributed by atoms with Crippen LogP contribution in [-0.2, 0) is 11.3 Å². The molecular weight excluding hydrogens is 304 g/mol. The molecule has 0 saturated carbocycles. The number of carbonyl (C=O) groups excluding carboxylic acids is 1. The minimum atomic E-state index is -0.469. The second-order valence-corrected chi connectivity index (χ2v) is 5.14. The Bertz CT molecular complexity index is 831. The predicted molar refractivity (Wildman–Crippen MR) is 81.8 cm³/mol. The smallest absolute Gasteiger partial charge is 0.360 e. The van der Waals surface area contributed by atoms with E-state index in [1.54, 1.807) is 24.0 Å². The van der Waals surface area contributed by atoms with E-state index >= 15 is 0 Å². The van der Waals surface area contributed by atoms with Crippen LogP contribution in [-0.4, -0.2) is 32.6 Å². The van der Waals surface area contributed by atoms with Crippen LogP contribution in [0.5, 0.6) is 0 Å². The van der Waals surface area contributed by atoms with Gasteiger partial charge >= 0.3 is 5.97 Å². The average Bonchev–Trinajstić information content (AvgIpc) is 2.96. The molecule has 0 aliphatic carbocycles. The SMILES string of the molecule is CCOC(=O)c1cn(Cc2ccc3ncc(Cl)cc3c2)nn1. The molecule has 0 N–H and O–H groups in total. The van der Waals surface area contributed by atoms with Crippen molar-refractivity contribution in [3.63, 3.8) is 0 Å². The first-order valence-corrected chi connectivity index (χ1v) is 7.15.